The average Bonchev–Trinajstić information content (AvgIpc) is 3.20. The molecule has 35 heavy (non-hydrogen) atoms. The van der Waals surface area contributed by atoms with E-state index in [-0.39, 0.29) is 23.7 Å². The molecule has 11 nitrogen and oxygen atoms in total. The molecule has 0 saturated carbocycles. The van der Waals surface area contributed by atoms with Gasteiger partial charge >= 0.3 is 6.03 Å². The molecule has 1 aromatic heterocycles. The summed E-state index contributed by atoms with van der Waals surface area (Å²) >= 11 is 0. The molecular formula is C22H33FN8O3S. The number of rotatable bonds is 7. The Hall–Kier alpha value is -2.64. The largest absolute Gasteiger partial charge is 0.335 e. The van der Waals surface area contributed by atoms with Gasteiger partial charge in [0, 0.05) is 45.2 Å². The van der Waals surface area contributed by atoms with Crippen LogP contribution >= 0.6 is 0 Å². The van der Waals surface area contributed by atoms with E-state index in [1.165, 1.54) is 27.4 Å². The van der Waals surface area contributed by atoms with Crippen LogP contribution in [0.1, 0.15) is 24.8 Å². The first kappa shape index (κ1) is 25.5. The number of aromatic nitrogens is 4. The first-order chi connectivity index (χ1) is 16.7. The smallest absolute Gasteiger partial charge is 0.321 e. The van der Waals surface area contributed by atoms with Crippen LogP contribution in [-0.2, 0) is 23.5 Å². The predicted molar refractivity (Wildman–Crippen MR) is 129 cm³/mol. The van der Waals surface area contributed by atoms with Crippen LogP contribution in [0.3, 0.4) is 0 Å². The normalized spacial score (nSPS) is 24.3. The number of urea groups is 1. The molecule has 4 rings (SSSR count). The van der Waals surface area contributed by atoms with Crippen molar-refractivity contribution < 1.29 is 17.6 Å². The molecule has 2 fully saturated rings. The second kappa shape index (κ2) is 11.0. The van der Waals surface area contributed by atoms with Gasteiger partial charge in [-0.05, 0) is 66.3 Å². The Labute approximate surface area is 205 Å². The number of nitrogens with zero attached hydrogens (tertiary/aromatic N) is 6. The molecule has 1 aromatic carbocycles. The number of benzene rings is 1. The number of nitrogens with one attached hydrogen (secondary N) is 2. The van der Waals surface area contributed by atoms with Crippen LogP contribution in [0, 0.1) is 17.7 Å². The van der Waals surface area contributed by atoms with Crippen LogP contribution in [0.2, 0.25) is 0 Å². The van der Waals surface area contributed by atoms with Gasteiger partial charge in [0.1, 0.15) is 5.82 Å². The third kappa shape index (κ3) is 6.95. The highest BCUT2D eigenvalue weighted by Crippen LogP contribution is 2.25. The number of tetrazole rings is 1. The molecule has 2 aliphatic heterocycles. The highest BCUT2D eigenvalue weighted by molar-refractivity contribution is 7.88. The number of anilines is 1. The van der Waals surface area contributed by atoms with Crippen molar-refractivity contribution in [1.82, 2.24) is 34.7 Å². The fourth-order valence-electron chi connectivity index (χ4n) is 5.09. The number of likely N-dealkylation sites (tertiary alicyclic amines) is 1. The molecule has 0 aliphatic carbocycles. The van der Waals surface area contributed by atoms with Gasteiger partial charge < -0.3 is 10.2 Å². The van der Waals surface area contributed by atoms with E-state index in [0.29, 0.717) is 32.0 Å². The number of halogens is 1. The van der Waals surface area contributed by atoms with E-state index in [9.17, 15) is 17.6 Å². The summed E-state index contributed by atoms with van der Waals surface area (Å²) in [5.41, 5.74) is 1.12. The molecule has 2 amide bonds. The maximum Gasteiger partial charge on any atom is 0.321 e. The lowest BCUT2D eigenvalue weighted by atomic mass is 9.88. The van der Waals surface area contributed by atoms with Crippen molar-refractivity contribution in [2.45, 2.75) is 31.7 Å². The molecule has 0 spiro atoms. The minimum Gasteiger partial charge on any atom is -0.335 e. The van der Waals surface area contributed by atoms with Crippen molar-refractivity contribution in [2.24, 2.45) is 18.9 Å². The van der Waals surface area contributed by atoms with Crippen molar-refractivity contribution in [2.75, 3.05) is 44.3 Å². The summed E-state index contributed by atoms with van der Waals surface area (Å²) in [7, 11) is -1.70. The van der Waals surface area contributed by atoms with E-state index in [1.807, 2.05) is 12.1 Å². The molecule has 3 atom stereocenters. The average molecular weight is 509 g/mol. The lowest BCUT2D eigenvalue weighted by Gasteiger charge is -2.42. The standard InChI is InChI=1S/C22H33FN8O3S/c1-29-21(26-27-28-29)25-22(32)24-20-9-11-31(35(2,33)34)15-18(20)14-30-10-3-4-17(13-30)12-16-5-7-19(23)8-6-16/h5-8,17-18,20H,3-4,9-15H2,1-2H3,(H2,24,25,26,28,32)/t17-,18+,20+/m0/s1. The monoisotopic (exact) mass is 508 g/mol. The van der Waals surface area contributed by atoms with E-state index in [0.717, 1.165) is 37.9 Å². The minimum absolute atomic E-state index is 0.0635. The number of piperidine rings is 2. The zero-order valence-corrected chi connectivity index (χ0v) is 20.9. The van der Waals surface area contributed by atoms with E-state index in [4.69, 9.17) is 0 Å². The molecular weight excluding hydrogens is 475 g/mol. The predicted octanol–water partition coefficient (Wildman–Crippen LogP) is 1.08. The van der Waals surface area contributed by atoms with Gasteiger partial charge in [-0.2, -0.15) is 0 Å². The number of carbonyl (C=O) groups excluding carboxylic acids is 1. The van der Waals surface area contributed by atoms with Gasteiger partial charge in [-0.25, -0.2) is 26.6 Å². The number of carbonyl (C=O) groups is 1. The molecule has 2 saturated heterocycles. The zero-order valence-electron chi connectivity index (χ0n) is 20.1. The van der Waals surface area contributed by atoms with E-state index in [1.54, 1.807) is 7.05 Å². The molecule has 192 valence electrons. The molecule has 2 N–H and O–H groups in total. The quantitative estimate of drug-likeness (QED) is 0.573. The zero-order chi connectivity index (χ0) is 25.0. The summed E-state index contributed by atoms with van der Waals surface area (Å²) < 4.78 is 40.6. The fourth-order valence-corrected chi connectivity index (χ4v) is 5.98. The van der Waals surface area contributed by atoms with E-state index in [2.05, 4.69) is 31.1 Å². The van der Waals surface area contributed by atoms with Gasteiger partial charge in [0.05, 0.1) is 6.26 Å². The molecule has 13 heteroatoms. The molecule has 0 radical (unpaired) electrons. The number of sulfonamides is 1. The van der Waals surface area contributed by atoms with Crippen LogP contribution in [0.5, 0.6) is 0 Å². The van der Waals surface area contributed by atoms with Gasteiger partial charge in [-0.15, -0.1) is 0 Å². The molecule has 0 unspecified atom stereocenters. The summed E-state index contributed by atoms with van der Waals surface area (Å²) in [5, 5.41) is 16.6. The topological polar surface area (TPSA) is 125 Å². The van der Waals surface area contributed by atoms with Gasteiger partial charge in [0.25, 0.3) is 5.95 Å². The number of aryl methyl sites for hydroxylation is 1. The van der Waals surface area contributed by atoms with Crippen LogP contribution in [0.15, 0.2) is 24.3 Å². The first-order valence-electron chi connectivity index (χ1n) is 11.9. The van der Waals surface area contributed by atoms with Crippen molar-refractivity contribution in [3.63, 3.8) is 0 Å². The number of hydrogen-bond acceptors (Lipinski definition) is 7. The van der Waals surface area contributed by atoms with Crippen LogP contribution < -0.4 is 10.6 Å². The van der Waals surface area contributed by atoms with Crippen molar-refractivity contribution >= 4 is 22.0 Å². The molecule has 0 bridgehead atoms. The summed E-state index contributed by atoms with van der Waals surface area (Å²) in [6.45, 7) is 3.21. The highest BCUT2D eigenvalue weighted by Gasteiger charge is 2.36. The van der Waals surface area contributed by atoms with E-state index >= 15 is 0 Å². The highest BCUT2D eigenvalue weighted by atomic mass is 32.2. The Kier molecular flexibility index (Phi) is 7.97. The summed E-state index contributed by atoms with van der Waals surface area (Å²) in [4.78, 5) is 15.0. The second-order valence-corrected chi connectivity index (χ2v) is 11.6. The summed E-state index contributed by atoms with van der Waals surface area (Å²) in [6.07, 6.45) is 4.78. The van der Waals surface area contributed by atoms with Crippen molar-refractivity contribution in [3.8, 4) is 0 Å². The van der Waals surface area contributed by atoms with Crippen molar-refractivity contribution in [1.29, 1.82) is 0 Å². The van der Waals surface area contributed by atoms with Gasteiger partial charge in [0.2, 0.25) is 10.0 Å². The molecule has 2 aromatic rings. The minimum atomic E-state index is -3.33. The van der Waals surface area contributed by atoms with E-state index < -0.39 is 16.1 Å². The fraction of sp³-hybridized carbons (Fsp3) is 0.636. The van der Waals surface area contributed by atoms with Crippen LogP contribution in [0.25, 0.3) is 0 Å². The van der Waals surface area contributed by atoms with Crippen LogP contribution in [0.4, 0.5) is 15.1 Å². The van der Waals surface area contributed by atoms with Gasteiger partial charge in [0.15, 0.2) is 0 Å². The Morgan fingerprint density at radius 2 is 1.94 bits per heavy atom. The molecule has 3 heterocycles. The number of amides is 2. The Morgan fingerprint density at radius 1 is 1.17 bits per heavy atom. The Bertz CT molecular complexity index is 1110. The van der Waals surface area contributed by atoms with Crippen LogP contribution in [-0.4, -0.2) is 88.9 Å². The maximum atomic E-state index is 13.3. The first-order valence-corrected chi connectivity index (χ1v) is 13.7. The SMILES string of the molecule is Cn1nnnc1NC(=O)N[C@@H]1CCN(S(C)(=O)=O)C[C@H]1CN1CCC[C@@H](Cc2ccc(F)cc2)C1. The Balaban J connectivity index is 1.40. The maximum absolute atomic E-state index is 13.3. The lowest BCUT2D eigenvalue weighted by Crippen LogP contribution is -2.56. The summed E-state index contributed by atoms with van der Waals surface area (Å²) in [6, 6.07) is 6.06. The second-order valence-electron chi connectivity index (χ2n) is 9.60. The van der Waals surface area contributed by atoms with Gasteiger partial charge in [-0.3, -0.25) is 5.32 Å². The molecule has 2 aliphatic rings. The lowest BCUT2D eigenvalue weighted by molar-refractivity contribution is 0.111. The summed E-state index contributed by atoms with van der Waals surface area (Å²) in [5.74, 6) is 0.380. The van der Waals surface area contributed by atoms with Crippen molar-refractivity contribution in [3.05, 3.63) is 35.6 Å². The number of hydrogen-bond donors (Lipinski definition) is 2. The third-order valence-corrected chi connectivity index (χ3v) is 8.13. The van der Waals surface area contributed by atoms with Gasteiger partial charge in [-0.1, -0.05) is 17.2 Å². The third-order valence-electron chi connectivity index (χ3n) is 6.86. The Morgan fingerprint density at radius 3 is 2.63 bits per heavy atom.